The molecule has 0 aliphatic rings. The minimum Gasteiger partial charge on any atom is -0.468 e. The summed E-state index contributed by atoms with van der Waals surface area (Å²) in [7, 11) is -2.60. The number of carbonyl (C=O) groups excluding carboxylic acids is 1. The summed E-state index contributed by atoms with van der Waals surface area (Å²) in [6.07, 6.45) is 0. The molecule has 0 atom stereocenters. The maximum absolute atomic E-state index is 13.0. The zero-order valence-electron chi connectivity index (χ0n) is 9.51. The van der Waals surface area contributed by atoms with Crippen molar-refractivity contribution in [2.45, 2.75) is 5.75 Å². The number of sulfone groups is 1. The molecule has 0 aromatic heterocycles. The topological polar surface area (TPSA) is 84.2 Å². The average molecular weight is 271 g/mol. The molecule has 0 fully saturated rings. The minimum atomic E-state index is -3.69. The van der Waals surface area contributed by atoms with E-state index in [1.54, 1.807) is 6.07 Å². The molecule has 5 nitrogen and oxygen atoms in total. The third kappa shape index (κ3) is 3.82. The third-order valence-corrected chi connectivity index (χ3v) is 3.55. The van der Waals surface area contributed by atoms with Crippen LogP contribution in [-0.2, 0) is 25.1 Å². The van der Waals surface area contributed by atoms with Crippen LogP contribution < -0.4 is 0 Å². The van der Waals surface area contributed by atoms with Crippen LogP contribution in [0.5, 0.6) is 0 Å². The van der Waals surface area contributed by atoms with Gasteiger partial charge in [-0.05, 0) is 17.7 Å². The lowest BCUT2D eigenvalue weighted by Gasteiger charge is -2.04. The first kappa shape index (κ1) is 14.1. The van der Waals surface area contributed by atoms with Crippen molar-refractivity contribution in [3.8, 4) is 6.07 Å². The number of methoxy groups -OCH3 is 1. The van der Waals surface area contributed by atoms with Crippen molar-refractivity contribution in [1.29, 1.82) is 5.26 Å². The first-order valence-corrected chi connectivity index (χ1v) is 6.66. The van der Waals surface area contributed by atoms with Crippen LogP contribution in [0.15, 0.2) is 18.2 Å². The number of halogens is 1. The largest absolute Gasteiger partial charge is 0.468 e. The highest BCUT2D eigenvalue weighted by Crippen LogP contribution is 2.12. The van der Waals surface area contributed by atoms with E-state index < -0.39 is 33.1 Å². The lowest BCUT2D eigenvalue weighted by molar-refractivity contribution is -0.137. The summed E-state index contributed by atoms with van der Waals surface area (Å²) < 4.78 is 40.4. The molecule has 96 valence electrons. The van der Waals surface area contributed by atoms with Crippen LogP contribution in [0.3, 0.4) is 0 Å². The van der Waals surface area contributed by atoms with E-state index in [4.69, 9.17) is 5.26 Å². The van der Waals surface area contributed by atoms with E-state index in [2.05, 4.69) is 4.74 Å². The van der Waals surface area contributed by atoms with Crippen LogP contribution in [0.25, 0.3) is 0 Å². The second kappa shape index (κ2) is 5.60. The van der Waals surface area contributed by atoms with Crippen molar-refractivity contribution in [3.05, 3.63) is 35.1 Å². The molecule has 0 aliphatic carbocycles. The van der Waals surface area contributed by atoms with E-state index in [1.807, 2.05) is 0 Å². The lowest BCUT2D eigenvalue weighted by Crippen LogP contribution is -2.18. The van der Waals surface area contributed by atoms with Crippen molar-refractivity contribution >= 4 is 15.8 Å². The van der Waals surface area contributed by atoms with Crippen LogP contribution in [0.1, 0.15) is 11.1 Å². The normalized spacial score (nSPS) is 10.7. The molecule has 0 spiro atoms. The molecule has 0 unspecified atom stereocenters. The van der Waals surface area contributed by atoms with Crippen molar-refractivity contribution in [1.82, 2.24) is 0 Å². The number of nitrogens with zero attached hydrogens (tertiary/aromatic N) is 1. The van der Waals surface area contributed by atoms with Gasteiger partial charge in [0.05, 0.1) is 18.4 Å². The van der Waals surface area contributed by atoms with E-state index >= 15 is 0 Å². The summed E-state index contributed by atoms with van der Waals surface area (Å²) in [6, 6.07) is 5.03. The molecule has 0 saturated carbocycles. The van der Waals surface area contributed by atoms with Crippen molar-refractivity contribution in [2.75, 3.05) is 12.9 Å². The second-order valence-electron chi connectivity index (χ2n) is 3.53. The Morgan fingerprint density at radius 2 is 2.17 bits per heavy atom. The first-order valence-electron chi connectivity index (χ1n) is 4.83. The Labute approximate surface area is 104 Å². The number of esters is 1. The average Bonchev–Trinajstić information content (AvgIpc) is 2.30. The van der Waals surface area contributed by atoms with E-state index in [1.165, 1.54) is 6.07 Å². The summed E-state index contributed by atoms with van der Waals surface area (Å²) in [6.45, 7) is 0. The summed E-state index contributed by atoms with van der Waals surface area (Å²) in [5.74, 6) is -2.77. The third-order valence-electron chi connectivity index (χ3n) is 2.10. The number of hydrogen-bond acceptors (Lipinski definition) is 5. The highest BCUT2D eigenvalue weighted by molar-refractivity contribution is 7.91. The lowest BCUT2D eigenvalue weighted by atomic mass is 10.1. The summed E-state index contributed by atoms with van der Waals surface area (Å²) in [4.78, 5) is 10.9. The number of ether oxygens (including phenoxy) is 1. The summed E-state index contributed by atoms with van der Waals surface area (Å²) >= 11 is 0. The predicted octanol–water partition coefficient (Wildman–Crippen LogP) is 0.785. The molecule has 1 aromatic rings. The minimum absolute atomic E-state index is 0.235. The first-order chi connectivity index (χ1) is 8.38. The van der Waals surface area contributed by atoms with Gasteiger partial charge >= 0.3 is 5.97 Å². The maximum atomic E-state index is 13.0. The molecule has 0 radical (unpaired) electrons. The van der Waals surface area contributed by atoms with Gasteiger partial charge in [0.15, 0.2) is 9.84 Å². The van der Waals surface area contributed by atoms with Crippen molar-refractivity contribution < 1.29 is 22.3 Å². The zero-order chi connectivity index (χ0) is 13.8. The van der Waals surface area contributed by atoms with Crippen LogP contribution >= 0.6 is 0 Å². The Morgan fingerprint density at radius 3 is 2.72 bits per heavy atom. The molecule has 0 heterocycles. The van der Waals surface area contributed by atoms with Gasteiger partial charge in [0.2, 0.25) is 0 Å². The van der Waals surface area contributed by atoms with E-state index in [9.17, 15) is 17.6 Å². The van der Waals surface area contributed by atoms with Gasteiger partial charge in [0.25, 0.3) is 0 Å². The Hall–Kier alpha value is -1.94. The second-order valence-corrected chi connectivity index (χ2v) is 5.60. The molecule has 18 heavy (non-hydrogen) atoms. The van der Waals surface area contributed by atoms with E-state index in [0.29, 0.717) is 0 Å². The number of nitriles is 1. The van der Waals surface area contributed by atoms with Gasteiger partial charge in [-0.25, -0.2) is 12.8 Å². The zero-order valence-corrected chi connectivity index (χ0v) is 10.3. The predicted molar refractivity (Wildman–Crippen MR) is 60.6 cm³/mol. The van der Waals surface area contributed by atoms with E-state index in [-0.39, 0.29) is 11.1 Å². The van der Waals surface area contributed by atoms with Crippen molar-refractivity contribution in [2.24, 2.45) is 0 Å². The molecule has 0 saturated heterocycles. The molecule has 7 heteroatoms. The van der Waals surface area contributed by atoms with Gasteiger partial charge in [-0.3, -0.25) is 4.79 Å². The molecule has 0 bridgehead atoms. The molecule has 0 aliphatic heterocycles. The Morgan fingerprint density at radius 1 is 1.50 bits per heavy atom. The quantitative estimate of drug-likeness (QED) is 0.756. The summed E-state index contributed by atoms with van der Waals surface area (Å²) in [5, 5.41) is 8.61. The van der Waals surface area contributed by atoms with Crippen molar-refractivity contribution in [3.63, 3.8) is 0 Å². The van der Waals surface area contributed by atoms with Gasteiger partial charge < -0.3 is 4.74 Å². The van der Waals surface area contributed by atoms with Gasteiger partial charge in [-0.1, -0.05) is 6.07 Å². The fourth-order valence-electron chi connectivity index (χ4n) is 1.29. The molecular weight excluding hydrogens is 261 g/mol. The Balaban J connectivity index is 2.92. The molecular formula is C11H10FNO4S. The highest BCUT2D eigenvalue weighted by atomic mass is 32.2. The molecule has 1 rings (SSSR count). The van der Waals surface area contributed by atoms with Crippen LogP contribution in [0.2, 0.25) is 0 Å². The van der Waals surface area contributed by atoms with Crippen LogP contribution in [0.4, 0.5) is 4.39 Å². The van der Waals surface area contributed by atoms with Gasteiger partial charge in [0.1, 0.15) is 17.6 Å². The smallest absolute Gasteiger partial charge is 0.320 e. The maximum Gasteiger partial charge on any atom is 0.320 e. The molecule has 0 N–H and O–H groups in total. The highest BCUT2D eigenvalue weighted by Gasteiger charge is 2.18. The number of benzene rings is 1. The Bertz CT molecular complexity index is 604. The summed E-state index contributed by atoms with van der Waals surface area (Å²) in [5.41, 5.74) is 0.0117. The SMILES string of the molecule is COC(=O)CS(=O)(=O)Cc1ccc(F)c(C#N)c1. The van der Waals surface area contributed by atoms with Gasteiger partial charge in [-0.2, -0.15) is 5.26 Å². The number of rotatable bonds is 4. The fraction of sp³-hybridized carbons (Fsp3) is 0.273. The van der Waals surface area contributed by atoms with Gasteiger partial charge in [-0.15, -0.1) is 0 Å². The van der Waals surface area contributed by atoms with Crippen LogP contribution in [-0.4, -0.2) is 27.2 Å². The Kier molecular flexibility index (Phi) is 4.39. The van der Waals surface area contributed by atoms with Crippen LogP contribution in [0, 0.1) is 17.1 Å². The van der Waals surface area contributed by atoms with E-state index in [0.717, 1.165) is 19.2 Å². The monoisotopic (exact) mass is 271 g/mol. The standard InChI is InChI=1S/C11H10FNO4S/c1-17-11(14)7-18(15,16)6-8-2-3-10(12)9(4-8)5-13/h2-4H,6-7H2,1H3. The fourth-order valence-corrected chi connectivity index (χ4v) is 2.56. The number of carbonyl (C=O) groups is 1. The molecule has 0 amide bonds. The molecule has 1 aromatic carbocycles. The van der Waals surface area contributed by atoms with Gasteiger partial charge in [0, 0.05) is 0 Å². The number of hydrogen-bond donors (Lipinski definition) is 0.